The van der Waals surface area contributed by atoms with Crippen molar-refractivity contribution in [3.8, 4) is 0 Å². The van der Waals surface area contributed by atoms with E-state index in [4.69, 9.17) is 0 Å². The highest BCUT2D eigenvalue weighted by Crippen LogP contribution is 2.18. The quantitative estimate of drug-likeness (QED) is 0.756. The third-order valence-corrected chi connectivity index (χ3v) is 3.45. The first kappa shape index (κ1) is 14.7. The molecule has 0 spiro atoms. The molecular weight excluding hydrogens is 296 g/mol. The molecule has 0 saturated carbocycles. The van der Waals surface area contributed by atoms with Gasteiger partial charge in [-0.05, 0) is 25.1 Å². The minimum Gasteiger partial charge on any atom is -0.317 e. The van der Waals surface area contributed by atoms with Gasteiger partial charge in [0.25, 0.3) is 11.5 Å². The molecule has 0 atom stereocenters. The van der Waals surface area contributed by atoms with E-state index < -0.39 is 5.56 Å². The summed E-state index contributed by atoms with van der Waals surface area (Å²) in [5.41, 5.74) is 0.962. The molecular formula is C16H14N4O3. The van der Waals surface area contributed by atoms with Crippen molar-refractivity contribution >= 4 is 28.5 Å². The van der Waals surface area contributed by atoms with Crippen LogP contribution in [0.15, 0.2) is 41.2 Å². The van der Waals surface area contributed by atoms with E-state index in [-0.39, 0.29) is 17.5 Å². The summed E-state index contributed by atoms with van der Waals surface area (Å²) in [6.07, 6.45) is 0. The molecule has 0 bridgehead atoms. The molecule has 3 aromatic rings. The fraction of sp³-hybridized carbons (Fsp3) is 0.125. The molecule has 7 nitrogen and oxygen atoms in total. The van der Waals surface area contributed by atoms with Gasteiger partial charge in [-0.1, -0.05) is 18.2 Å². The molecule has 2 aromatic heterocycles. The molecule has 116 valence electrons. The molecule has 0 saturated heterocycles. The van der Waals surface area contributed by atoms with Gasteiger partial charge in [0.05, 0.1) is 5.69 Å². The van der Waals surface area contributed by atoms with E-state index >= 15 is 0 Å². The number of aromatic nitrogens is 3. The largest absolute Gasteiger partial charge is 0.317 e. The number of aryl methyl sites for hydroxylation is 1. The number of pyridine rings is 1. The highest BCUT2D eigenvalue weighted by molar-refractivity contribution is 6.05. The number of carbonyl (C=O) groups excluding carboxylic acids is 2. The second-order valence-corrected chi connectivity index (χ2v) is 5.11. The Labute approximate surface area is 130 Å². The minimum atomic E-state index is -0.496. The summed E-state index contributed by atoms with van der Waals surface area (Å²) < 4.78 is 1.13. The van der Waals surface area contributed by atoms with Gasteiger partial charge < -0.3 is 10.3 Å². The first-order valence-electron chi connectivity index (χ1n) is 6.97. The number of fused-ring (bicyclic) bond motifs is 1. The van der Waals surface area contributed by atoms with Gasteiger partial charge in [0.15, 0.2) is 0 Å². The molecule has 0 fully saturated rings. The lowest BCUT2D eigenvalue weighted by Gasteiger charge is -2.05. The van der Waals surface area contributed by atoms with Gasteiger partial charge in [-0.25, -0.2) is 0 Å². The van der Waals surface area contributed by atoms with Crippen molar-refractivity contribution in [1.29, 1.82) is 0 Å². The van der Waals surface area contributed by atoms with Crippen LogP contribution in [-0.4, -0.2) is 26.6 Å². The van der Waals surface area contributed by atoms with Crippen LogP contribution in [0.25, 0.3) is 11.0 Å². The Hall–Kier alpha value is -3.22. The van der Waals surface area contributed by atoms with Crippen LogP contribution in [0.1, 0.15) is 27.8 Å². The number of hydrogen-bond acceptors (Lipinski definition) is 4. The highest BCUT2D eigenvalue weighted by atomic mass is 16.2. The van der Waals surface area contributed by atoms with Crippen LogP contribution >= 0.6 is 0 Å². The molecule has 7 heteroatoms. The van der Waals surface area contributed by atoms with E-state index in [1.165, 1.54) is 13.0 Å². The van der Waals surface area contributed by atoms with E-state index in [1.807, 2.05) is 0 Å². The molecule has 0 unspecified atom stereocenters. The second-order valence-electron chi connectivity index (χ2n) is 5.11. The van der Waals surface area contributed by atoms with E-state index in [9.17, 15) is 14.4 Å². The molecule has 2 N–H and O–H groups in total. The fourth-order valence-corrected chi connectivity index (χ4v) is 2.32. The second kappa shape index (κ2) is 5.53. The topological polar surface area (TPSA) is 96.8 Å². The number of nitrogens with one attached hydrogen (secondary N) is 2. The van der Waals surface area contributed by atoms with Gasteiger partial charge in [0, 0.05) is 17.9 Å². The molecule has 1 aromatic carbocycles. The number of rotatable bonds is 2. The Bertz CT molecular complexity index is 970. The van der Waals surface area contributed by atoms with Gasteiger partial charge in [-0.3, -0.25) is 14.4 Å². The molecule has 0 aliphatic carbocycles. The van der Waals surface area contributed by atoms with Crippen molar-refractivity contribution in [2.24, 2.45) is 0 Å². The summed E-state index contributed by atoms with van der Waals surface area (Å²) >= 11 is 0. The van der Waals surface area contributed by atoms with Crippen molar-refractivity contribution in [1.82, 2.24) is 14.8 Å². The number of hydrogen-bond donors (Lipinski definition) is 2. The van der Waals surface area contributed by atoms with E-state index in [0.29, 0.717) is 22.3 Å². The summed E-state index contributed by atoms with van der Waals surface area (Å²) in [6.45, 7) is 3.08. The zero-order chi connectivity index (χ0) is 16.6. The Morgan fingerprint density at radius 1 is 1.22 bits per heavy atom. The summed E-state index contributed by atoms with van der Waals surface area (Å²) in [5, 5.41) is 7.27. The van der Waals surface area contributed by atoms with Gasteiger partial charge in [0.1, 0.15) is 11.3 Å². The lowest BCUT2D eigenvalue weighted by molar-refractivity contribution is 0.0925. The summed E-state index contributed by atoms with van der Waals surface area (Å²) in [4.78, 5) is 38.5. The zero-order valence-electron chi connectivity index (χ0n) is 12.6. The first-order valence-corrected chi connectivity index (χ1v) is 6.97. The monoisotopic (exact) mass is 310 g/mol. The maximum atomic E-state index is 12.2. The molecule has 2 heterocycles. The van der Waals surface area contributed by atoms with Gasteiger partial charge in [-0.2, -0.15) is 9.78 Å². The average Bonchev–Trinajstić information content (AvgIpc) is 2.85. The number of benzene rings is 1. The Morgan fingerprint density at radius 3 is 2.57 bits per heavy atom. The van der Waals surface area contributed by atoms with Crippen molar-refractivity contribution in [2.45, 2.75) is 13.8 Å². The summed E-state index contributed by atoms with van der Waals surface area (Å²) in [7, 11) is 0. The normalized spacial score (nSPS) is 10.7. The summed E-state index contributed by atoms with van der Waals surface area (Å²) in [6, 6.07) is 10.1. The Balaban J connectivity index is 2.04. The lowest BCUT2D eigenvalue weighted by atomic mass is 10.2. The number of nitrogens with zero attached hydrogens (tertiary/aromatic N) is 2. The van der Waals surface area contributed by atoms with Crippen LogP contribution in [0.3, 0.4) is 0 Å². The van der Waals surface area contributed by atoms with Gasteiger partial charge in [-0.15, -0.1) is 0 Å². The number of anilines is 1. The third kappa shape index (κ3) is 2.64. The standard InChI is InChI=1S/C16H14N4O3/c1-9-12-8-13(17-15(22)11-6-4-3-5-7-11)16(23)18-14(12)20(19-9)10(2)21/h3-8H,1-2H3,(H,17,22)(H,18,23). The van der Waals surface area contributed by atoms with Gasteiger partial charge >= 0.3 is 0 Å². The van der Waals surface area contributed by atoms with Gasteiger partial charge in [0.2, 0.25) is 5.91 Å². The lowest BCUT2D eigenvalue weighted by Crippen LogP contribution is -2.20. The molecule has 1 amide bonds. The number of amides is 1. The maximum Gasteiger partial charge on any atom is 0.273 e. The smallest absolute Gasteiger partial charge is 0.273 e. The van der Waals surface area contributed by atoms with Crippen molar-refractivity contribution in [3.63, 3.8) is 0 Å². The van der Waals surface area contributed by atoms with Crippen LogP contribution in [0.4, 0.5) is 5.69 Å². The molecule has 0 aliphatic heterocycles. The molecule has 0 aliphatic rings. The number of carbonyl (C=O) groups is 2. The molecule has 23 heavy (non-hydrogen) atoms. The van der Waals surface area contributed by atoms with E-state index in [1.54, 1.807) is 37.3 Å². The maximum absolute atomic E-state index is 12.2. The molecule has 3 rings (SSSR count). The van der Waals surface area contributed by atoms with Crippen LogP contribution < -0.4 is 10.9 Å². The Morgan fingerprint density at radius 2 is 1.91 bits per heavy atom. The van der Waals surface area contributed by atoms with E-state index in [2.05, 4.69) is 15.4 Å². The van der Waals surface area contributed by atoms with Crippen LogP contribution in [0.5, 0.6) is 0 Å². The van der Waals surface area contributed by atoms with Crippen molar-refractivity contribution in [3.05, 3.63) is 58.0 Å². The molecule has 0 radical (unpaired) electrons. The Kier molecular flexibility index (Phi) is 3.53. The number of aromatic amines is 1. The predicted molar refractivity (Wildman–Crippen MR) is 85.8 cm³/mol. The highest BCUT2D eigenvalue weighted by Gasteiger charge is 2.15. The first-order chi connectivity index (χ1) is 11.0. The average molecular weight is 310 g/mol. The van der Waals surface area contributed by atoms with Crippen molar-refractivity contribution < 1.29 is 9.59 Å². The zero-order valence-corrected chi connectivity index (χ0v) is 12.6. The van der Waals surface area contributed by atoms with Crippen LogP contribution in [0, 0.1) is 6.92 Å². The van der Waals surface area contributed by atoms with E-state index in [0.717, 1.165) is 4.68 Å². The third-order valence-electron chi connectivity index (χ3n) is 3.45. The van der Waals surface area contributed by atoms with Crippen LogP contribution in [-0.2, 0) is 0 Å². The SMILES string of the molecule is CC(=O)n1nc(C)c2cc(NC(=O)c3ccccc3)c(=O)[nH]c21. The summed E-state index contributed by atoms with van der Waals surface area (Å²) in [5.74, 6) is -0.688. The number of H-pyrrole nitrogens is 1. The van der Waals surface area contributed by atoms with Crippen molar-refractivity contribution in [2.75, 3.05) is 5.32 Å². The predicted octanol–water partition coefficient (Wildman–Crippen LogP) is 1.95. The minimum absolute atomic E-state index is 0.109. The fourth-order valence-electron chi connectivity index (χ4n) is 2.32. The van der Waals surface area contributed by atoms with Crippen LogP contribution in [0.2, 0.25) is 0 Å².